The normalized spacial score (nSPS) is 26.8. The Morgan fingerprint density at radius 2 is 1.79 bits per heavy atom. The van der Waals surface area contributed by atoms with Gasteiger partial charge in [-0.05, 0) is 63.5 Å². The number of carbonyl (C=O) groups is 2. The van der Waals surface area contributed by atoms with Crippen molar-refractivity contribution >= 4 is 17.5 Å². The van der Waals surface area contributed by atoms with E-state index >= 15 is 0 Å². The summed E-state index contributed by atoms with van der Waals surface area (Å²) in [6.07, 6.45) is 7.70. The van der Waals surface area contributed by atoms with E-state index < -0.39 is 0 Å². The van der Waals surface area contributed by atoms with E-state index in [0.29, 0.717) is 23.4 Å². The lowest BCUT2D eigenvalue weighted by Crippen LogP contribution is -2.47. The maximum absolute atomic E-state index is 13.0. The summed E-state index contributed by atoms with van der Waals surface area (Å²) in [5, 5.41) is 3.00. The zero-order valence-corrected chi connectivity index (χ0v) is 16.6. The van der Waals surface area contributed by atoms with E-state index in [-0.39, 0.29) is 24.5 Å². The van der Waals surface area contributed by atoms with E-state index in [1.54, 1.807) is 6.07 Å². The molecule has 6 nitrogen and oxygen atoms in total. The van der Waals surface area contributed by atoms with Crippen molar-refractivity contribution in [2.75, 3.05) is 18.7 Å². The van der Waals surface area contributed by atoms with Crippen molar-refractivity contribution < 1.29 is 19.1 Å². The molecule has 1 aromatic rings. The summed E-state index contributed by atoms with van der Waals surface area (Å²) in [6, 6.07) is 5.86. The van der Waals surface area contributed by atoms with E-state index in [9.17, 15) is 9.59 Å². The van der Waals surface area contributed by atoms with Gasteiger partial charge in [0.2, 0.25) is 18.6 Å². The van der Waals surface area contributed by atoms with Crippen LogP contribution in [0.25, 0.3) is 0 Å². The van der Waals surface area contributed by atoms with Gasteiger partial charge in [-0.3, -0.25) is 9.59 Å². The molecule has 2 aliphatic heterocycles. The number of hydrogen-bond donors (Lipinski definition) is 1. The zero-order chi connectivity index (χ0) is 19.5. The first kappa shape index (κ1) is 19.1. The molecule has 1 aromatic carbocycles. The number of likely N-dealkylation sites (tertiary alicyclic amines) is 1. The average molecular weight is 386 g/mol. The minimum Gasteiger partial charge on any atom is -0.454 e. The number of nitrogens with one attached hydrogen (secondary N) is 1. The SMILES string of the molecule is CCC1CCCCN1C(=O)C1CCC(C(=O)Nc2ccc3c(c2)OCO3)CC1. The lowest BCUT2D eigenvalue weighted by molar-refractivity contribution is -0.141. The number of ether oxygens (including phenoxy) is 2. The van der Waals surface area contributed by atoms with Gasteiger partial charge in [0.15, 0.2) is 11.5 Å². The third kappa shape index (κ3) is 3.96. The third-order valence-electron chi connectivity index (χ3n) is 6.47. The van der Waals surface area contributed by atoms with Crippen molar-refractivity contribution in [3.63, 3.8) is 0 Å². The van der Waals surface area contributed by atoms with E-state index in [4.69, 9.17) is 9.47 Å². The van der Waals surface area contributed by atoms with Crippen molar-refractivity contribution in [1.29, 1.82) is 0 Å². The maximum Gasteiger partial charge on any atom is 0.231 e. The molecule has 4 rings (SSSR count). The molecule has 0 aromatic heterocycles. The van der Waals surface area contributed by atoms with Crippen molar-refractivity contribution in [3.05, 3.63) is 18.2 Å². The molecule has 1 N–H and O–H groups in total. The summed E-state index contributed by atoms with van der Waals surface area (Å²) >= 11 is 0. The molecule has 1 aliphatic carbocycles. The number of carbonyl (C=O) groups excluding carboxylic acids is 2. The van der Waals surface area contributed by atoms with E-state index in [1.165, 1.54) is 6.42 Å². The summed E-state index contributed by atoms with van der Waals surface area (Å²) in [6.45, 7) is 3.30. The molecule has 1 saturated heterocycles. The Morgan fingerprint density at radius 3 is 2.57 bits per heavy atom. The highest BCUT2D eigenvalue weighted by molar-refractivity contribution is 5.93. The van der Waals surface area contributed by atoms with Crippen molar-refractivity contribution in [1.82, 2.24) is 4.90 Å². The molecular formula is C22H30N2O4. The fraction of sp³-hybridized carbons (Fsp3) is 0.636. The van der Waals surface area contributed by atoms with Gasteiger partial charge in [0.1, 0.15) is 0 Å². The van der Waals surface area contributed by atoms with Crippen LogP contribution in [0.15, 0.2) is 18.2 Å². The second-order valence-electron chi connectivity index (χ2n) is 8.20. The Hall–Kier alpha value is -2.24. The number of anilines is 1. The number of rotatable bonds is 4. The Labute approximate surface area is 166 Å². The van der Waals surface area contributed by atoms with Crippen molar-refractivity contribution in [2.45, 2.75) is 64.3 Å². The second kappa shape index (κ2) is 8.41. The zero-order valence-electron chi connectivity index (χ0n) is 16.6. The largest absolute Gasteiger partial charge is 0.454 e. The van der Waals surface area contributed by atoms with Gasteiger partial charge >= 0.3 is 0 Å². The Morgan fingerprint density at radius 1 is 1.04 bits per heavy atom. The predicted molar refractivity (Wildman–Crippen MR) is 106 cm³/mol. The number of amides is 2. The second-order valence-corrected chi connectivity index (χ2v) is 8.20. The molecule has 28 heavy (non-hydrogen) atoms. The van der Waals surface area contributed by atoms with E-state index in [2.05, 4.69) is 17.1 Å². The molecule has 1 unspecified atom stereocenters. The fourth-order valence-electron chi connectivity index (χ4n) is 4.77. The van der Waals surface area contributed by atoms with Crippen LogP contribution in [0.3, 0.4) is 0 Å². The van der Waals surface area contributed by atoms with Gasteiger partial charge in [-0.1, -0.05) is 6.92 Å². The van der Waals surface area contributed by atoms with Crippen LogP contribution in [0, 0.1) is 11.8 Å². The maximum atomic E-state index is 13.0. The topological polar surface area (TPSA) is 67.9 Å². The molecule has 2 amide bonds. The number of hydrogen-bond acceptors (Lipinski definition) is 4. The molecule has 3 aliphatic rings. The van der Waals surface area contributed by atoms with E-state index in [1.807, 2.05) is 12.1 Å². The first-order valence-electron chi connectivity index (χ1n) is 10.7. The lowest BCUT2D eigenvalue weighted by Gasteiger charge is -2.39. The first-order chi connectivity index (χ1) is 13.7. The Balaban J connectivity index is 1.30. The van der Waals surface area contributed by atoms with Crippen LogP contribution < -0.4 is 14.8 Å². The molecule has 0 spiro atoms. The van der Waals surface area contributed by atoms with Crippen molar-refractivity contribution in [2.24, 2.45) is 11.8 Å². The standard InChI is InChI=1S/C22H30N2O4/c1-2-18-5-3-4-12-24(18)22(26)16-8-6-15(7-9-16)21(25)23-17-10-11-19-20(13-17)28-14-27-19/h10-11,13,15-16,18H,2-9,12,14H2,1H3,(H,23,25). The minimum absolute atomic E-state index is 0.0298. The predicted octanol–water partition coefficient (Wildman–Crippen LogP) is 3.95. The van der Waals surface area contributed by atoms with Crippen LogP contribution in [-0.4, -0.2) is 36.1 Å². The Bertz CT molecular complexity index is 727. The number of nitrogens with zero attached hydrogens (tertiary/aromatic N) is 1. The molecule has 152 valence electrons. The first-order valence-corrected chi connectivity index (χ1v) is 10.7. The van der Waals surface area contributed by atoms with Gasteiger partial charge in [0.25, 0.3) is 0 Å². The van der Waals surface area contributed by atoms with Crippen LogP contribution in [0.4, 0.5) is 5.69 Å². The van der Waals surface area contributed by atoms with Gasteiger partial charge in [-0.15, -0.1) is 0 Å². The molecular weight excluding hydrogens is 356 g/mol. The minimum atomic E-state index is -0.0298. The van der Waals surface area contributed by atoms with Gasteiger partial charge in [-0.25, -0.2) is 0 Å². The molecule has 0 radical (unpaired) electrons. The number of fused-ring (bicyclic) bond motifs is 1. The van der Waals surface area contributed by atoms with Gasteiger partial charge < -0.3 is 19.7 Å². The molecule has 2 heterocycles. The molecule has 6 heteroatoms. The molecule has 1 saturated carbocycles. The number of benzene rings is 1. The lowest BCUT2D eigenvalue weighted by atomic mass is 9.80. The van der Waals surface area contributed by atoms with Gasteiger partial charge in [-0.2, -0.15) is 0 Å². The molecule has 0 bridgehead atoms. The monoisotopic (exact) mass is 386 g/mol. The smallest absolute Gasteiger partial charge is 0.231 e. The van der Waals surface area contributed by atoms with Crippen LogP contribution >= 0.6 is 0 Å². The third-order valence-corrected chi connectivity index (χ3v) is 6.47. The highest BCUT2D eigenvalue weighted by Crippen LogP contribution is 2.36. The summed E-state index contributed by atoms with van der Waals surface area (Å²) in [7, 11) is 0. The van der Waals surface area contributed by atoms with Crippen LogP contribution in [0.1, 0.15) is 58.3 Å². The highest BCUT2D eigenvalue weighted by Gasteiger charge is 2.35. The number of piperidine rings is 1. The highest BCUT2D eigenvalue weighted by atomic mass is 16.7. The van der Waals surface area contributed by atoms with Gasteiger partial charge in [0, 0.05) is 36.2 Å². The quantitative estimate of drug-likeness (QED) is 0.851. The summed E-state index contributed by atoms with van der Waals surface area (Å²) in [5.41, 5.74) is 0.728. The molecule has 2 fully saturated rings. The molecule has 1 atom stereocenters. The van der Waals surface area contributed by atoms with Crippen LogP contribution in [0.5, 0.6) is 11.5 Å². The Kier molecular flexibility index (Phi) is 5.74. The van der Waals surface area contributed by atoms with Crippen molar-refractivity contribution in [3.8, 4) is 11.5 Å². The van der Waals surface area contributed by atoms with Crippen LogP contribution in [-0.2, 0) is 9.59 Å². The average Bonchev–Trinajstić information content (AvgIpc) is 3.21. The summed E-state index contributed by atoms with van der Waals surface area (Å²) in [5.74, 6) is 1.79. The summed E-state index contributed by atoms with van der Waals surface area (Å²) < 4.78 is 10.7. The van der Waals surface area contributed by atoms with Gasteiger partial charge in [0.05, 0.1) is 0 Å². The fourth-order valence-corrected chi connectivity index (χ4v) is 4.77. The van der Waals surface area contributed by atoms with Crippen LogP contribution in [0.2, 0.25) is 0 Å². The summed E-state index contributed by atoms with van der Waals surface area (Å²) in [4.78, 5) is 27.8. The van der Waals surface area contributed by atoms with E-state index in [0.717, 1.165) is 57.2 Å².